The molecule has 0 atom stereocenters. The van der Waals surface area contributed by atoms with Crippen LogP contribution in [0.5, 0.6) is 0 Å². The largest absolute Gasteiger partial charge is 0.455 e. The van der Waals surface area contributed by atoms with Gasteiger partial charge in [-0.05, 0) is 65.8 Å². The van der Waals surface area contributed by atoms with Crippen molar-refractivity contribution < 1.29 is 27.7 Å². The number of benzene rings is 9. The van der Waals surface area contributed by atoms with Crippen LogP contribution in [0, 0.1) is 0 Å². The smallest absolute Gasteiger partial charge is 0.143 e. The molecule has 0 fully saturated rings. The number of hydrogen-bond donors (Lipinski definition) is 0. The summed E-state index contributed by atoms with van der Waals surface area (Å²) in [5.41, 5.74) is 1.11. The molecule has 49 heavy (non-hydrogen) atoms. The Bertz CT molecular complexity index is 3750. The molecule has 1 heterocycles. The Morgan fingerprint density at radius 3 is 1.63 bits per heavy atom. The van der Waals surface area contributed by atoms with Crippen LogP contribution >= 0.6 is 0 Å². The summed E-state index contributed by atoms with van der Waals surface area (Å²) < 4.78 is 162. The molecule has 0 aliphatic carbocycles. The molecule has 1 nitrogen and oxygen atoms in total. The van der Waals surface area contributed by atoms with E-state index in [1.54, 1.807) is 60.7 Å². The van der Waals surface area contributed by atoms with Crippen LogP contribution in [0.4, 0.5) is 0 Å². The average Bonchev–Trinajstić information content (AvgIpc) is 3.70. The molecular formula is C48H30O. The molecule has 0 saturated carbocycles. The molecule has 10 aromatic rings. The lowest BCUT2D eigenvalue weighted by molar-refractivity contribution is 0.633. The van der Waals surface area contributed by atoms with Crippen LogP contribution in [0.1, 0.15) is 23.3 Å². The Morgan fingerprint density at radius 1 is 0.367 bits per heavy atom. The third-order valence-electron chi connectivity index (χ3n) is 8.78. The molecule has 0 bridgehead atoms. The van der Waals surface area contributed by atoms with Crippen LogP contribution in [-0.4, -0.2) is 0 Å². The second-order valence-corrected chi connectivity index (χ2v) is 11.5. The quantitative estimate of drug-likeness (QED) is 0.138. The fourth-order valence-corrected chi connectivity index (χ4v) is 6.68. The van der Waals surface area contributed by atoms with Crippen LogP contribution < -0.4 is 0 Å². The maximum Gasteiger partial charge on any atom is 0.143 e. The molecule has 0 unspecified atom stereocenters. The first-order valence-corrected chi connectivity index (χ1v) is 15.5. The van der Waals surface area contributed by atoms with E-state index in [9.17, 15) is 11.0 Å². The van der Waals surface area contributed by atoms with Gasteiger partial charge in [-0.1, -0.05) is 176 Å². The van der Waals surface area contributed by atoms with Crippen LogP contribution in [0.15, 0.2) is 186 Å². The van der Waals surface area contributed by atoms with E-state index in [-0.39, 0.29) is 71.1 Å². The van der Waals surface area contributed by atoms with E-state index in [1.807, 2.05) is 18.2 Å². The topological polar surface area (TPSA) is 13.1 Å². The van der Waals surface area contributed by atoms with Gasteiger partial charge in [-0.15, -0.1) is 0 Å². The highest BCUT2D eigenvalue weighted by Crippen LogP contribution is 2.51. The van der Waals surface area contributed by atoms with Gasteiger partial charge in [-0.2, -0.15) is 0 Å². The summed E-state index contributed by atoms with van der Waals surface area (Å²) in [6.45, 7) is 0. The Hall–Kier alpha value is -6.44. The zero-order chi connectivity index (χ0) is 47.1. The van der Waals surface area contributed by atoms with Gasteiger partial charge in [0, 0.05) is 27.6 Å². The van der Waals surface area contributed by atoms with Crippen LogP contribution in [-0.2, 0) is 0 Å². The summed E-state index contributed by atoms with van der Waals surface area (Å²) in [5.74, 6) is -0.338. The molecule has 1 heteroatoms. The van der Waals surface area contributed by atoms with Gasteiger partial charge in [-0.3, -0.25) is 0 Å². The van der Waals surface area contributed by atoms with Crippen molar-refractivity contribution in [3.05, 3.63) is 182 Å². The van der Waals surface area contributed by atoms with E-state index in [1.165, 1.54) is 0 Å². The highest BCUT2D eigenvalue weighted by Gasteiger charge is 2.25. The van der Waals surface area contributed by atoms with Crippen molar-refractivity contribution in [1.29, 1.82) is 0 Å². The fourth-order valence-electron chi connectivity index (χ4n) is 6.68. The van der Waals surface area contributed by atoms with E-state index >= 15 is 0 Å². The van der Waals surface area contributed by atoms with Crippen molar-refractivity contribution in [1.82, 2.24) is 0 Å². The van der Waals surface area contributed by atoms with E-state index in [0.717, 1.165) is 0 Å². The fraction of sp³-hybridized carbons (Fsp3) is 0. The number of fused-ring (bicyclic) bond motifs is 6. The first-order valence-electron chi connectivity index (χ1n) is 24.0. The maximum atomic E-state index is 9.84. The molecule has 0 spiro atoms. The lowest BCUT2D eigenvalue weighted by Gasteiger charge is -2.18. The molecule has 0 aliphatic rings. The highest BCUT2D eigenvalue weighted by atomic mass is 16.3. The van der Waals surface area contributed by atoms with Crippen LogP contribution in [0.25, 0.3) is 98.8 Å². The van der Waals surface area contributed by atoms with E-state index in [0.29, 0.717) is 16.7 Å². The van der Waals surface area contributed by atoms with Gasteiger partial charge in [0.15, 0.2) is 0 Å². The normalized spacial score (nSPS) is 16.5. The number of hydrogen-bond acceptors (Lipinski definition) is 1. The van der Waals surface area contributed by atoms with Crippen molar-refractivity contribution in [3.63, 3.8) is 0 Å². The van der Waals surface area contributed by atoms with Crippen molar-refractivity contribution >= 4 is 54.1 Å². The molecular weight excluding hydrogens is 593 g/mol. The Kier molecular flexibility index (Phi) is 3.54. The molecule has 1 aromatic heterocycles. The van der Waals surface area contributed by atoms with E-state index in [4.69, 9.17) is 16.8 Å². The summed E-state index contributed by atoms with van der Waals surface area (Å²) in [7, 11) is 0. The monoisotopic (exact) mass is 639 g/mol. The summed E-state index contributed by atoms with van der Waals surface area (Å²) in [5, 5.41) is -1.74. The molecule has 0 N–H and O–H groups in total. The Balaban J connectivity index is 1.52. The minimum absolute atomic E-state index is 0.0615. The number of rotatable bonds is 4. The van der Waals surface area contributed by atoms with Gasteiger partial charge in [0.25, 0.3) is 0 Å². The summed E-state index contributed by atoms with van der Waals surface area (Å²) in [6.07, 6.45) is 0. The molecule has 228 valence electrons. The maximum absolute atomic E-state index is 9.84. The van der Waals surface area contributed by atoms with Crippen molar-refractivity contribution in [3.8, 4) is 44.7 Å². The Morgan fingerprint density at radius 2 is 0.939 bits per heavy atom. The second kappa shape index (κ2) is 11.1. The van der Waals surface area contributed by atoms with Gasteiger partial charge >= 0.3 is 0 Å². The van der Waals surface area contributed by atoms with Crippen molar-refractivity contribution in [2.75, 3.05) is 0 Å². The summed E-state index contributed by atoms with van der Waals surface area (Å²) in [6, 6.07) is 11.8. The highest BCUT2D eigenvalue weighted by molar-refractivity contribution is 6.25. The van der Waals surface area contributed by atoms with Gasteiger partial charge in [0.1, 0.15) is 11.3 Å². The zero-order valence-corrected chi connectivity index (χ0v) is 25.4. The summed E-state index contributed by atoms with van der Waals surface area (Å²) >= 11 is 0. The second-order valence-electron chi connectivity index (χ2n) is 11.5. The third kappa shape index (κ3) is 4.33. The molecule has 9 aromatic carbocycles. The third-order valence-corrected chi connectivity index (χ3v) is 8.78. The predicted molar refractivity (Wildman–Crippen MR) is 208 cm³/mol. The van der Waals surface area contributed by atoms with E-state index in [2.05, 4.69) is 0 Å². The van der Waals surface area contributed by atoms with Gasteiger partial charge in [0.05, 0.1) is 23.3 Å². The molecule has 0 aliphatic heterocycles. The minimum atomic E-state index is -0.696. The average molecular weight is 640 g/mol. The molecule has 0 saturated heterocycles. The van der Waals surface area contributed by atoms with Crippen molar-refractivity contribution in [2.24, 2.45) is 0 Å². The Labute approximate surface area is 308 Å². The van der Waals surface area contributed by atoms with Crippen LogP contribution in [0.2, 0.25) is 0 Å². The number of para-hydroxylation sites is 1. The summed E-state index contributed by atoms with van der Waals surface area (Å²) in [4.78, 5) is 0. The first-order chi connectivity index (χ1) is 31.4. The lowest BCUT2D eigenvalue weighted by atomic mass is 9.84. The van der Waals surface area contributed by atoms with Gasteiger partial charge < -0.3 is 4.42 Å². The lowest BCUT2D eigenvalue weighted by Crippen LogP contribution is -1.91. The van der Waals surface area contributed by atoms with Crippen LogP contribution in [0.3, 0.4) is 0 Å². The zero-order valence-electron chi connectivity index (χ0n) is 42.4. The van der Waals surface area contributed by atoms with Crippen molar-refractivity contribution in [2.45, 2.75) is 0 Å². The first kappa shape index (κ1) is 15.6. The predicted octanol–water partition coefficient (Wildman–Crippen LogP) is 13.7. The molecule has 0 amide bonds. The number of furan rings is 1. The minimum Gasteiger partial charge on any atom is -0.455 e. The standard InChI is InChI=1S/C48H30O/c1-3-14-31(15-4-1)38-24-13-25-43-46(47(49-48(38)43)35-28-29-37-34(30-35)27-26-32-16-7-8-19-36(32)37)45-41-22-11-9-20-39(41)44(33-17-5-2-6-18-33)40-21-10-12-23-42(40)45/h1-30H/i7D,8D,9D,10D,11D,12D,16D,19D,20D,21D,22D,23D,26D,27D,28D,29D,30D. The van der Waals surface area contributed by atoms with Gasteiger partial charge in [-0.25, -0.2) is 0 Å². The molecule has 10 rings (SSSR count). The van der Waals surface area contributed by atoms with E-state index < -0.39 is 114 Å². The molecule has 0 radical (unpaired) electrons. The van der Waals surface area contributed by atoms with Gasteiger partial charge in [0.2, 0.25) is 0 Å². The SMILES string of the molecule is [2H]c1c([2H])c([2H])c2c(-c3c(-c4c([2H])c([2H])c5c(c4[2H])c([2H])c([2H])c4c([2H])c([2H])c([2H])c([2H])c45)oc4c(-c5ccccc5)cccc34)c3c([2H])c([2H])c([2H])c([2H])c3c(-c3ccccc3)c2c1[2H].